The summed E-state index contributed by atoms with van der Waals surface area (Å²) >= 11 is 0. The largest absolute Gasteiger partial charge is 0.480 e. The third-order valence-corrected chi connectivity index (χ3v) is 3.81. The molecule has 17 heavy (non-hydrogen) atoms. The van der Waals surface area contributed by atoms with E-state index >= 15 is 0 Å². The normalized spacial score (nSPS) is 23.0. The van der Waals surface area contributed by atoms with Crippen molar-refractivity contribution >= 4 is 5.97 Å². The Bertz CT molecular complexity index is 254. The number of aliphatic carboxylic acids is 1. The molecule has 4 nitrogen and oxygen atoms in total. The molecule has 1 rings (SSSR count). The van der Waals surface area contributed by atoms with Crippen LogP contribution < -0.4 is 5.32 Å². The van der Waals surface area contributed by atoms with E-state index in [0.29, 0.717) is 11.8 Å². The highest BCUT2D eigenvalue weighted by Crippen LogP contribution is 2.29. The Morgan fingerprint density at radius 3 is 2.71 bits per heavy atom. The number of carboxylic acids is 1. The fraction of sp³-hybridized carbons (Fsp3) is 0.923. The first-order valence-corrected chi connectivity index (χ1v) is 6.57. The Hall–Kier alpha value is -0.610. The van der Waals surface area contributed by atoms with Gasteiger partial charge in [0, 0.05) is 6.54 Å². The second-order valence-corrected chi connectivity index (χ2v) is 5.83. The van der Waals surface area contributed by atoms with Crippen LogP contribution in [0.5, 0.6) is 0 Å². The van der Waals surface area contributed by atoms with E-state index in [9.17, 15) is 4.79 Å². The summed E-state index contributed by atoms with van der Waals surface area (Å²) in [4.78, 5) is 13.3. The number of carbonyl (C=O) groups is 1. The molecule has 0 radical (unpaired) electrons. The molecule has 0 saturated carbocycles. The van der Waals surface area contributed by atoms with Gasteiger partial charge in [-0.3, -0.25) is 4.79 Å². The van der Waals surface area contributed by atoms with Gasteiger partial charge in [-0.15, -0.1) is 0 Å². The lowest BCUT2D eigenvalue weighted by molar-refractivity contribution is -0.139. The topological polar surface area (TPSA) is 52.6 Å². The third kappa shape index (κ3) is 5.04. The molecule has 0 amide bonds. The second-order valence-electron chi connectivity index (χ2n) is 5.83. The molecular weight excluding hydrogens is 216 g/mol. The molecule has 0 aliphatic carbocycles. The van der Waals surface area contributed by atoms with Crippen LogP contribution in [0.4, 0.5) is 0 Å². The maximum atomic E-state index is 10.9. The Morgan fingerprint density at radius 2 is 2.12 bits per heavy atom. The van der Waals surface area contributed by atoms with Gasteiger partial charge in [-0.05, 0) is 51.2 Å². The van der Waals surface area contributed by atoms with E-state index in [4.69, 9.17) is 5.11 Å². The minimum Gasteiger partial charge on any atom is -0.480 e. The summed E-state index contributed by atoms with van der Waals surface area (Å²) in [6, 6.07) is -0.411. The second kappa shape index (κ2) is 6.36. The predicted octanol–water partition coefficient (Wildman–Crippen LogP) is 1.56. The molecule has 1 atom stereocenters. The Balaban J connectivity index is 2.34. The predicted molar refractivity (Wildman–Crippen MR) is 69.2 cm³/mol. The third-order valence-electron chi connectivity index (χ3n) is 3.81. The number of likely N-dealkylation sites (N-methyl/N-ethyl adjacent to an activating group) is 1. The van der Waals surface area contributed by atoms with Crippen LogP contribution in [0.1, 0.15) is 39.5 Å². The first kappa shape index (κ1) is 14.5. The SMILES string of the molecule is CNC(CCN1CCCC(C)(C)CC1)C(=O)O. The first-order valence-electron chi connectivity index (χ1n) is 6.57. The summed E-state index contributed by atoms with van der Waals surface area (Å²) < 4.78 is 0. The highest BCUT2D eigenvalue weighted by molar-refractivity contribution is 5.73. The van der Waals surface area contributed by atoms with Gasteiger partial charge in [-0.2, -0.15) is 0 Å². The quantitative estimate of drug-likeness (QED) is 0.768. The standard InChI is InChI=1S/C13H26N2O2/c1-13(2)6-4-8-15(10-7-13)9-5-11(14-3)12(16)17/h11,14H,4-10H2,1-3H3,(H,16,17). The molecule has 0 spiro atoms. The Kier molecular flexibility index (Phi) is 5.40. The highest BCUT2D eigenvalue weighted by atomic mass is 16.4. The lowest BCUT2D eigenvalue weighted by atomic mass is 9.85. The maximum Gasteiger partial charge on any atom is 0.320 e. The van der Waals surface area contributed by atoms with E-state index < -0.39 is 12.0 Å². The summed E-state index contributed by atoms with van der Waals surface area (Å²) in [5, 5.41) is 11.8. The first-order chi connectivity index (χ1) is 7.94. The number of nitrogens with zero attached hydrogens (tertiary/aromatic N) is 1. The number of rotatable bonds is 5. The van der Waals surface area contributed by atoms with Gasteiger partial charge < -0.3 is 15.3 Å². The fourth-order valence-electron chi connectivity index (χ4n) is 2.41. The van der Waals surface area contributed by atoms with Crippen molar-refractivity contribution in [3.05, 3.63) is 0 Å². The smallest absolute Gasteiger partial charge is 0.320 e. The summed E-state index contributed by atoms with van der Waals surface area (Å²) in [7, 11) is 1.71. The minimum absolute atomic E-state index is 0.411. The molecule has 0 aromatic carbocycles. The molecule has 2 N–H and O–H groups in total. The average molecular weight is 242 g/mol. The lowest BCUT2D eigenvalue weighted by Crippen LogP contribution is -2.38. The summed E-state index contributed by atoms with van der Waals surface area (Å²) in [6.07, 6.45) is 4.40. The van der Waals surface area contributed by atoms with Gasteiger partial charge >= 0.3 is 5.97 Å². The molecule has 1 fully saturated rings. The van der Waals surface area contributed by atoms with E-state index in [-0.39, 0.29) is 0 Å². The summed E-state index contributed by atoms with van der Waals surface area (Å²) in [5.74, 6) is -0.748. The van der Waals surface area contributed by atoms with Crippen molar-refractivity contribution in [2.75, 3.05) is 26.7 Å². The minimum atomic E-state index is -0.748. The van der Waals surface area contributed by atoms with Crippen LogP contribution in [-0.4, -0.2) is 48.7 Å². The fourth-order valence-corrected chi connectivity index (χ4v) is 2.41. The molecule has 4 heteroatoms. The molecular formula is C13H26N2O2. The van der Waals surface area contributed by atoms with Crippen LogP contribution >= 0.6 is 0 Å². The number of hydrogen-bond acceptors (Lipinski definition) is 3. The summed E-state index contributed by atoms with van der Waals surface area (Å²) in [6.45, 7) is 7.74. The van der Waals surface area contributed by atoms with Gasteiger partial charge in [-0.25, -0.2) is 0 Å². The van der Waals surface area contributed by atoms with E-state index in [1.807, 2.05) is 0 Å². The molecule has 1 saturated heterocycles. The average Bonchev–Trinajstić information content (AvgIpc) is 2.40. The number of nitrogens with one attached hydrogen (secondary N) is 1. The molecule has 1 aliphatic rings. The lowest BCUT2D eigenvalue weighted by Gasteiger charge is -2.24. The zero-order valence-corrected chi connectivity index (χ0v) is 11.3. The van der Waals surface area contributed by atoms with Crippen LogP contribution in [0.3, 0.4) is 0 Å². The Morgan fingerprint density at radius 1 is 1.41 bits per heavy atom. The van der Waals surface area contributed by atoms with Gasteiger partial charge in [0.05, 0.1) is 0 Å². The zero-order valence-electron chi connectivity index (χ0n) is 11.3. The van der Waals surface area contributed by atoms with Crippen LogP contribution in [0, 0.1) is 5.41 Å². The van der Waals surface area contributed by atoms with E-state index in [1.165, 1.54) is 19.3 Å². The van der Waals surface area contributed by atoms with Gasteiger partial charge in [-0.1, -0.05) is 13.8 Å². The van der Waals surface area contributed by atoms with Crippen molar-refractivity contribution < 1.29 is 9.90 Å². The zero-order chi connectivity index (χ0) is 12.9. The van der Waals surface area contributed by atoms with Crippen molar-refractivity contribution in [3.8, 4) is 0 Å². The van der Waals surface area contributed by atoms with Crippen LogP contribution in [0.25, 0.3) is 0 Å². The molecule has 0 aromatic heterocycles. The van der Waals surface area contributed by atoms with E-state index in [0.717, 1.165) is 19.6 Å². The van der Waals surface area contributed by atoms with Gasteiger partial charge in [0.25, 0.3) is 0 Å². The Labute approximate surface area is 104 Å². The molecule has 0 bridgehead atoms. The van der Waals surface area contributed by atoms with Gasteiger partial charge in [0.2, 0.25) is 0 Å². The van der Waals surface area contributed by atoms with Crippen molar-refractivity contribution in [1.29, 1.82) is 0 Å². The van der Waals surface area contributed by atoms with Gasteiger partial charge in [0.15, 0.2) is 0 Å². The molecule has 100 valence electrons. The number of carboxylic acid groups (broad SMARTS) is 1. The number of hydrogen-bond donors (Lipinski definition) is 2. The van der Waals surface area contributed by atoms with Crippen molar-refractivity contribution in [3.63, 3.8) is 0 Å². The monoisotopic (exact) mass is 242 g/mol. The number of likely N-dealkylation sites (tertiary alicyclic amines) is 1. The van der Waals surface area contributed by atoms with Crippen LogP contribution in [0.15, 0.2) is 0 Å². The van der Waals surface area contributed by atoms with E-state index in [2.05, 4.69) is 24.1 Å². The van der Waals surface area contributed by atoms with Crippen LogP contribution in [0.2, 0.25) is 0 Å². The molecule has 1 aliphatic heterocycles. The molecule has 1 heterocycles. The maximum absolute atomic E-state index is 10.9. The van der Waals surface area contributed by atoms with Crippen molar-refractivity contribution in [1.82, 2.24) is 10.2 Å². The van der Waals surface area contributed by atoms with Crippen molar-refractivity contribution in [2.24, 2.45) is 5.41 Å². The van der Waals surface area contributed by atoms with E-state index in [1.54, 1.807) is 7.05 Å². The molecule has 0 aromatic rings. The van der Waals surface area contributed by atoms with Crippen molar-refractivity contribution in [2.45, 2.75) is 45.6 Å². The highest BCUT2D eigenvalue weighted by Gasteiger charge is 2.23. The molecule has 1 unspecified atom stereocenters. The van der Waals surface area contributed by atoms with Crippen LogP contribution in [-0.2, 0) is 4.79 Å². The summed E-state index contributed by atoms with van der Waals surface area (Å²) in [5.41, 5.74) is 0.448. The van der Waals surface area contributed by atoms with Gasteiger partial charge in [0.1, 0.15) is 6.04 Å².